The minimum Gasteiger partial charge on any atom is -0.385 e. The van der Waals surface area contributed by atoms with Crippen LogP contribution in [0.2, 0.25) is 0 Å². The van der Waals surface area contributed by atoms with Crippen molar-refractivity contribution in [2.75, 3.05) is 0 Å². The molecule has 0 amide bonds. The van der Waals surface area contributed by atoms with Gasteiger partial charge in [-0.1, -0.05) is 56.1 Å². The summed E-state index contributed by atoms with van der Waals surface area (Å²) < 4.78 is 2.05. The summed E-state index contributed by atoms with van der Waals surface area (Å²) in [6.07, 6.45) is 0.591. The van der Waals surface area contributed by atoms with Crippen molar-refractivity contribution in [3.05, 3.63) is 68.6 Å². The molecule has 1 N–H and O–H groups in total. The summed E-state index contributed by atoms with van der Waals surface area (Å²) >= 11 is 6.85. The second kappa shape index (κ2) is 5.55. The Labute approximate surface area is 124 Å². The van der Waals surface area contributed by atoms with Crippen molar-refractivity contribution in [1.82, 2.24) is 0 Å². The van der Waals surface area contributed by atoms with Gasteiger partial charge in [-0.25, -0.2) is 0 Å². The van der Waals surface area contributed by atoms with Crippen LogP contribution in [0.3, 0.4) is 0 Å². The van der Waals surface area contributed by atoms with Gasteiger partial charge in [-0.2, -0.15) is 0 Å². The number of rotatable bonds is 3. The molecule has 0 fully saturated rings. The van der Waals surface area contributed by atoms with Crippen LogP contribution in [0.25, 0.3) is 0 Å². The molecule has 3 heteroatoms. The van der Waals surface area contributed by atoms with E-state index in [0.717, 1.165) is 20.1 Å². The quantitative estimate of drug-likeness (QED) is 0.833. The fourth-order valence-electron chi connectivity index (χ4n) is 1.96. The van der Waals surface area contributed by atoms with Gasteiger partial charge in [-0.3, -0.25) is 0 Å². The van der Waals surface area contributed by atoms with E-state index in [1.807, 2.05) is 55.5 Å². The lowest BCUT2D eigenvalue weighted by Gasteiger charge is -2.24. The Kier molecular flexibility index (Phi) is 4.25. The Morgan fingerprint density at radius 2 is 1.67 bits per heavy atom. The monoisotopic (exact) mass is 368 g/mol. The van der Waals surface area contributed by atoms with E-state index in [4.69, 9.17) is 0 Å². The van der Waals surface area contributed by atoms with Gasteiger partial charge in [0.15, 0.2) is 0 Å². The molecule has 0 saturated heterocycles. The fourth-order valence-corrected chi connectivity index (χ4v) is 2.67. The van der Waals surface area contributed by atoms with E-state index >= 15 is 0 Å². The Bertz CT molecular complexity index is 532. The first-order valence-electron chi connectivity index (χ1n) is 5.70. The third kappa shape index (κ3) is 3.44. The standard InChI is InChI=1S/C15H14Br2O/c1-15(18,12-5-7-13(16)8-6-12)10-11-3-2-4-14(17)9-11/h2-9,18H,10H2,1H3. The lowest BCUT2D eigenvalue weighted by Crippen LogP contribution is -2.24. The first-order chi connectivity index (χ1) is 8.47. The van der Waals surface area contributed by atoms with E-state index in [9.17, 15) is 5.11 Å². The fraction of sp³-hybridized carbons (Fsp3) is 0.200. The number of aliphatic hydroxyl groups is 1. The van der Waals surface area contributed by atoms with Gasteiger partial charge in [-0.15, -0.1) is 0 Å². The molecule has 0 aliphatic carbocycles. The molecular formula is C15H14Br2O. The molecule has 0 spiro atoms. The van der Waals surface area contributed by atoms with Gasteiger partial charge in [0.05, 0.1) is 5.60 Å². The van der Waals surface area contributed by atoms with Gasteiger partial charge in [-0.05, 0) is 42.3 Å². The maximum Gasteiger partial charge on any atom is 0.0908 e. The van der Waals surface area contributed by atoms with Crippen LogP contribution in [-0.4, -0.2) is 5.11 Å². The van der Waals surface area contributed by atoms with Gasteiger partial charge in [0.25, 0.3) is 0 Å². The molecule has 1 atom stereocenters. The summed E-state index contributed by atoms with van der Waals surface area (Å²) in [6.45, 7) is 1.84. The summed E-state index contributed by atoms with van der Waals surface area (Å²) in [4.78, 5) is 0. The molecule has 1 nitrogen and oxygen atoms in total. The highest BCUT2D eigenvalue weighted by Gasteiger charge is 2.23. The van der Waals surface area contributed by atoms with E-state index < -0.39 is 5.60 Å². The topological polar surface area (TPSA) is 20.2 Å². The highest BCUT2D eigenvalue weighted by molar-refractivity contribution is 9.10. The van der Waals surface area contributed by atoms with E-state index in [0.29, 0.717) is 6.42 Å². The average molecular weight is 370 g/mol. The van der Waals surface area contributed by atoms with Crippen molar-refractivity contribution in [1.29, 1.82) is 0 Å². The van der Waals surface area contributed by atoms with Crippen molar-refractivity contribution >= 4 is 31.9 Å². The summed E-state index contributed by atoms with van der Waals surface area (Å²) in [7, 11) is 0. The maximum atomic E-state index is 10.6. The van der Waals surface area contributed by atoms with Gasteiger partial charge in [0.2, 0.25) is 0 Å². The zero-order valence-electron chi connectivity index (χ0n) is 10.0. The molecule has 0 saturated carbocycles. The lowest BCUT2D eigenvalue weighted by molar-refractivity contribution is 0.0576. The minimum absolute atomic E-state index is 0.591. The van der Waals surface area contributed by atoms with Gasteiger partial charge in [0.1, 0.15) is 0 Å². The Morgan fingerprint density at radius 3 is 2.28 bits per heavy atom. The normalized spacial score (nSPS) is 14.2. The van der Waals surface area contributed by atoms with Crippen molar-refractivity contribution in [3.8, 4) is 0 Å². The van der Waals surface area contributed by atoms with E-state index in [1.54, 1.807) is 0 Å². The third-order valence-electron chi connectivity index (χ3n) is 2.90. The Morgan fingerprint density at radius 1 is 1.00 bits per heavy atom. The van der Waals surface area contributed by atoms with Crippen LogP contribution in [0.1, 0.15) is 18.1 Å². The lowest BCUT2D eigenvalue weighted by atomic mass is 9.89. The Hall–Kier alpha value is -0.640. The highest BCUT2D eigenvalue weighted by atomic mass is 79.9. The van der Waals surface area contributed by atoms with E-state index in [1.165, 1.54) is 0 Å². The minimum atomic E-state index is -0.860. The first-order valence-corrected chi connectivity index (χ1v) is 7.29. The number of hydrogen-bond acceptors (Lipinski definition) is 1. The third-order valence-corrected chi connectivity index (χ3v) is 3.93. The average Bonchev–Trinajstić information content (AvgIpc) is 2.29. The second-order valence-corrected chi connectivity index (χ2v) is 6.42. The van der Waals surface area contributed by atoms with Gasteiger partial charge in [0, 0.05) is 15.4 Å². The van der Waals surface area contributed by atoms with Crippen LogP contribution in [0.15, 0.2) is 57.5 Å². The second-order valence-electron chi connectivity index (χ2n) is 4.59. The van der Waals surface area contributed by atoms with Crippen molar-refractivity contribution < 1.29 is 5.11 Å². The molecular weight excluding hydrogens is 356 g/mol. The van der Waals surface area contributed by atoms with Gasteiger partial charge < -0.3 is 5.11 Å². The van der Waals surface area contributed by atoms with E-state index in [2.05, 4.69) is 31.9 Å². The van der Waals surface area contributed by atoms with Crippen molar-refractivity contribution in [2.45, 2.75) is 18.9 Å². The number of halogens is 2. The molecule has 0 bridgehead atoms. The maximum absolute atomic E-state index is 10.6. The Balaban J connectivity index is 2.23. The predicted molar refractivity (Wildman–Crippen MR) is 81.6 cm³/mol. The summed E-state index contributed by atoms with van der Waals surface area (Å²) in [5, 5.41) is 10.6. The van der Waals surface area contributed by atoms with Crippen LogP contribution in [-0.2, 0) is 12.0 Å². The molecule has 2 rings (SSSR count). The van der Waals surface area contributed by atoms with Crippen LogP contribution >= 0.6 is 31.9 Å². The summed E-state index contributed by atoms with van der Waals surface area (Å²) in [6, 6.07) is 15.8. The SMILES string of the molecule is CC(O)(Cc1cccc(Br)c1)c1ccc(Br)cc1. The first kappa shape index (κ1) is 13.8. The zero-order chi connectivity index (χ0) is 13.2. The van der Waals surface area contributed by atoms with Crippen molar-refractivity contribution in [3.63, 3.8) is 0 Å². The number of benzene rings is 2. The van der Waals surface area contributed by atoms with Crippen LogP contribution in [0.5, 0.6) is 0 Å². The summed E-state index contributed by atoms with van der Waals surface area (Å²) in [5.74, 6) is 0. The van der Waals surface area contributed by atoms with Crippen LogP contribution in [0.4, 0.5) is 0 Å². The predicted octanol–water partition coefficient (Wildman–Crippen LogP) is 4.66. The molecule has 0 radical (unpaired) electrons. The molecule has 0 aliphatic heterocycles. The largest absolute Gasteiger partial charge is 0.385 e. The van der Waals surface area contributed by atoms with Crippen molar-refractivity contribution in [2.24, 2.45) is 0 Å². The molecule has 2 aromatic carbocycles. The molecule has 18 heavy (non-hydrogen) atoms. The van der Waals surface area contributed by atoms with E-state index in [-0.39, 0.29) is 0 Å². The highest BCUT2D eigenvalue weighted by Crippen LogP contribution is 2.27. The van der Waals surface area contributed by atoms with Crippen LogP contribution in [0, 0.1) is 0 Å². The number of hydrogen-bond donors (Lipinski definition) is 1. The molecule has 2 aromatic rings. The van der Waals surface area contributed by atoms with Crippen LogP contribution < -0.4 is 0 Å². The van der Waals surface area contributed by atoms with Gasteiger partial charge >= 0.3 is 0 Å². The molecule has 1 unspecified atom stereocenters. The molecule has 94 valence electrons. The molecule has 0 aromatic heterocycles. The zero-order valence-corrected chi connectivity index (χ0v) is 13.2. The molecule has 0 aliphatic rings. The molecule has 0 heterocycles. The smallest absolute Gasteiger partial charge is 0.0908 e. The summed E-state index contributed by atoms with van der Waals surface area (Å²) in [5.41, 5.74) is 1.17.